The van der Waals surface area contributed by atoms with Crippen LogP contribution in [0.4, 0.5) is 11.8 Å². The lowest BCUT2D eigenvalue weighted by atomic mass is 10.1. The monoisotopic (exact) mass is 367 g/mol. The van der Waals surface area contributed by atoms with Crippen LogP contribution in [0.25, 0.3) is 21.8 Å². The number of rotatable bonds is 3. The molecule has 3 aromatic rings. The number of benzene rings is 1. The first kappa shape index (κ1) is 16.3. The molecule has 4 N–H and O–H groups in total. The average Bonchev–Trinajstić information content (AvgIpc) is 2.61. The number of halogens is 1. The van der Waals surface area contributed by atoms with Crippen LogP contribution >= 0.6 is 11.6 Å². The van der Waals surface area contributed by atoms with Crippen molar-refractivity contribution in [2.75, 3.05) is 11.1 Å². The largest absolute Gasteiger partial charge is 0.478 e. The number of fused-ring (bicyclic) bond motifs is 3. The Labute approximate surface area is 153 Å². The number of nitrogens with one attached hydrogen (secondary N) is 1. The Kier molecular flexibility index (Phi) is 3.93. The summed E-state index contributed by atoms with van der Waals surface area (Å²) in [6, 6.07) is 4.75. The molecule has 0 amide bonds. The number of pyridine rings is 1. The quantitative estimate of drug-likeness (QED) is 0.480. The van der Waals surface area contributed by atoms with E-state index in [0.29, 0.717) is 16.9 Å². The Morgan fingerprint density at radius 1 is 1.31 bits per heavy atom. The number of carboxylic acid groups (broad SMARTS) is 1. The van der Waals surface area contributed by atoms with Gasteiger partial charge >= 0.3 is 5.97 Å². The van der Waals surface area contributed by atoms with E-state index in [4.69, 9.17) is 17.3 Å². The van der Waals surface area contributed by atoms with Crippen LogP contribution < -0.4 is 11.1 Å². The van der Waals surface area contributed by atoms with Crippen LogP contribution in [-0.2, 0) is 0 Å². The Bertz CT molecular complexity index is 1110. The molecule has 8 heteroatoms. The molecular weight excluding hydrogens is 354 g/mol. The van der Waals surface area contributed by atoms with Crippen molar-refractivity contribution < 1.29 is 9.90 Å². The second-order valence-electron chi connectivity index (χ2n) is 5.89. The smallest absolute Gasteiger partial charge is 0.335 e. The van der Waals surface area contributed by atoms with Crippen molar-refractivity contribution in [2.45, 2.75) is 11.8 Å². The first-order chi connectivity index (χ1) is 12.5. The van der Waals surface area contributed by atoms with Gasteiger partial charge in [-0.05, 0) is 30.7 Å². The van der Waals surface area contributed by atoms with Gasteiger partial charge in [0.25, 0.3) is 0 Å². The van der Waals surface area contributed by atoms with Crippen LogP contribution in [0, 0.1) is 0 Å². The molecule has 1 aliphatic carbocycles. The Morgan fingerprint density at radius 2 is 2.15 bits per heavy atom. The van der Waals surface area contributed by atoms with Gasteiger partial charge in [0.15, 0.2) is 5.82 Å². The molecule has 130 valence electrons. The number of hydrogen-bond donors (Lipinski definition) is 3. The second kappa shape index (κ2) is 6.27. The maximum Gasteiger partial charge on any atom is 0.335 e. The zero-order valence-electron chi connectivity index (χ0n) is 13.5. The molecule has 1 unspecified atom stereocenters. The molecule has 2 aromatic heterocycles. The summed E-state index contributed by atoms with van der Waals surface area (Å²) in [4.78, 5) is 24.2. The molecule has 0 bridgehead atoms. The molecule has 0 saturated heterocycles. The normalized spacial score (nSPS) is 16.7. The van der Waals surface area contributed by atoms with E-state index in [1.165, 1.54) is 12.1 Å². The number of allylic oxidation sites excluding steroid dienone is 3. The predicted octanol–water partition coefficient (Wildman–Crippen LogP) is 3.32. The Morgan fingerprint density at radius 3 is 2.92 bits per heavy atom. The summed E-state index contributed by atoms with van der Waals surface area (Å²) in [5.41, 5.74) is 7.77. The highest BCUT2D eigenvalue weighted by atomic mass is 35.5. The SMILES string of the molecule is Nc1ncc2c(n1)c(NC1=CC(Cl)CC=C1)nc1cc(C(=O)O)ccc12. The van der Waals surface area contributed by atoms with E-state index in [1.807, 2.05) is 18.2 Å². The zero-order chi connectivity index (χ0) is 18.3. The van der Waals surface area contributed by atoms with E-state index < -0.39 is 5.97 Å². The van der Waals surface area contributed by atoms with Crippen LogP contribution in [0.2, 0.25) is 0 Å². The van der Waals surface area contributed by atoms with Crippen LogP contribution in [0.15, 0.2) is 48.3 Å². The van der Waals surface area contributed by atoms with E-state index in [2.05, 4.69) is 20.3 Å². The topological polar surface area (TPSA) is 114 Å². The summed E-state index contributed by atoms with van der Waals surface area (Å²) < 4.78 is 0. The van der Waals surface area contributed by atoms with Crippen LogP contribution in [0.5, 0.6) is 0 Å². The molecule has 4 rings (SSSR count). The molecule has 1 atom stereocenters. The summed E-state index contributed by atoms with van der Waals surface area (Å²) in [5.74, 6) is -0.419. The highest BCUT2D eigenvalue weighted by molar-refractivity contribution is 6.22. The molecule has 2 heterocycles. The van der Waals surface area contributed by atoms with Crippen LogP contribution in [0.1, 0.15) is 16.8 Å². The molecule has 0 spiro atoms. The van der Waals surface area contributed by atoms with Crippen molar-refractivity contribution in [3.05, 3.63) is 53.9 Å². The van der Waals surface area contributed by atoms with Gasteiger partial charge in [-0.3, -0.25) is 0 Å². The van der Waals surface area contributed by atoms with E-state index in [9.17, 15) is 9.90 Å². The lowest BCUT2D eigenvalue weighted by molar-refractivity contribution is 0.0697. The number of alkyl halides is 1. The van der Waals surface area contributed by atoms with E-state index >= 15 is 0 Å². The third-order valence-electron chi connectivity index (χ3n) is 4.08. The number of anilines is 2. The standard InChI is InChI=1S/C18H14ClN5O2/c19-10-2-1-3-11(7-10)22-16-15-13(8-21-18(20)24-15)12-5-4-9(17(25)26)6-14(12)23-16/h1,3-8,10H,2H2,(H,22,23)(H,25,26)(H2,20,21,24). The van der Waals surface area contributed by atoms with Gasteiger partial charge in [0.1, 0.15) is 5.52 Å². The van der Waals surface area contributed by atoms with E-state index in [0.717, 1.165) is 22.9 Å². The Hall–Kier alpha value is -3.19. The van der Waals surface area contributed by atoms with E-state index in [1.54, 1.807) is 12.3 Å². The summed E-state index contributed by atoms with van der Waals surface area (Å²) in [6.07, 6.45) is 8.14. The maximum absolute atomic E-state index is 11.3. The molecule has 0 radical (unpaired) electrons. The van der Waals surface area contributed by atoms with Crippen LogP contribution in [-0.4, -0.2) is 31.4 Å². The number of aromatic carboxylic acids is 1. The maximum atomic E-state index is 11.3. The highest BCUT2D eigenvalue weighted by Crippen LogP contribution is 2.30. The number of nitrogens with zero attached hydrogens (tertiary/aromatic N) is 3. The van der Waals surface area contributed by atoms with Gasteiger partial charge in [-0.1, -0.05) is 12.1 Å². The van der Waals surface area contributed by atoms with Crippen molar-refractivity contribution >= 4 is 51.1 Å². The molecule has 1 aliphatic rings. The minimum atomic E-state index is -1.01. The number of aromatic nitrogens is 3. The third kappa shape index (κ3) is 2.93. The summed E-state index contributed by atoms with van der Waals surface area (Å²) in [5, 5.41) is 13.8. The molecule has 26 heavy (non-hydrogen) atoms. The molecular formula is C18H14ClN5O2. The van der Waals surface area contributed by atoms with Crippen molar-refractivity contribution in [3.8, 4) is 0 Å². The number of carbonyl (C=O) groups is 1. The van der Waals surface area contributed by atoms with Gasteiger partial charge in [0, 0.05) is 22.7 Å². The molecule has 0 aliphatic heterocycles. The second-order valence-corrected chi connectivity index (χ2v) is 6.45. The number of nitrogens with two attached hydrogens (primary N) is 1. The van der Waals surface area contributed by atoms with Crippen molar-refractivity contribution in [3.63, 3.8) is 0 Å². The van der Waals surface area contributed by atoms with E-state index in [-0.39, 0.29) is 16.9 Å². The van der Waals surface area contributed by atoms with Gasteiger partial charge in [-0.2, -0.15) is 0 Å². The lowest BCUT2D eigenvalue weighted by Gasteiger charge is -2.15. The average molecular weight is 368 g/mol. The molecule has 0 saturated carbocycles. The number of hydrogen-bond acceptors (Lipinski definition) is 6. The fourth-order valence-corrected chi connectivity index (χ4v) is 3.12. The number of nitrogen functional groups attached to an aromatic ring is 1. The van der Waals surface area contributed by atoms with Crippen molar-refractivity contribution in [1.29, 1.82) is 0 Å². The first-order valence-electron chi connectivity index (χ1n) is 7.90. The van der Waals surface area contributed by atoms with Crippen LogP contribution in [0.3, 0.4) is 0 Å². The first-order valence-corrected chi connectivity index (χ1v) is 8.33. The fraction of sp³-hybridized carbons (Fsp3) is 0.111. The lowest BCUT2D eigenvalue weighted by Crippen LogP contribution is -2.08. The van der Waals surface area contributed by atoms with Gasteiger partial charge in [-0.25, -0.2) is 19.7 Å². The minimum Gasteiger partial charge on any atom is -0.478 e. The summed E-state index contributed by atoms with van der Waals surface area (Å²) in [6.45, 7) is 0. The van der Waals surface area contributed by atoms with Gasteiger partial charge in [0.05, 0.1) is 16.5 Å². The predicted molar refractivity (Wildman–Crippen MR) is 101 cm³/mol. The summed E-state index contributed by atoms with van der Waals surface area (Å²) >= 11 is 6.17. The minimum absolute atomic E-state index is 0.104. The Balaban J connectivity index is 1.94. The zero-order valence-corrected chi connectivity index (χ0v) is 14.2. The van der Waals surface area contributed by atoms with Gasteiger partial charge in [-0.15, -0.1) is 11.6 Å². The third-order valence-corrected chi connectivity index (χ3v) is 4.38. The summed E-state index contributed by atoms with van der Waals surface area (Å²) in [7, 11) is 0. The molecule has 7 nitrogen and oxygen atoms in total. The highest BCUT2D eigenvalue weighted by Gasteiger charge is 2.15. The van der Waals surface area contributed by atoms with Crippen molar-refractivity contribution in [1.82, 2.24) is 15.0 Å². The molecule has 1 aromatic carbocycles. The van der Waals surface area contributed by atoms with Gasteiger partial charge < -0.3 is 16.2 Å². The number of carboxylic acids is 1. The van der Waals surface area contributed by atoms with Gasteiger partial charge in [0.2, 0.25) is 5.95 Å². The van der Waals surface area contributed by atoms with Crippen molar-refractivity contribution in [2.24, 2.45) is 0 Å². The fourth-order valence-electron chi connectivity index (χ4n) is 2.88. The molecule has 0 fully saturated rings.